The van der Waals surface area contributed by atoms with Gasteiger partial charge in [-0.3, -0.25) is 5.10 Å². The van der Waals surface area contributed by atoms with Crippen LogP contribution in [0.15, 0.2) is 0 Å². The molecule has 0 aliphatic heterocycles. The number of rotatable bonds is 0. The van der Waals surface area contributed by atoms with Crippen LogP contribution in [-0.4, -0.2) is 10.2 Å². The smallest absolute Gasteiger partial charge is 0 e. The molecule has 1 rings (SSSR count). The molecular weight excluding hydrogens is 213 g/mol. The molecule has 0 aromatic carbocycles. The summed E-state index contributed by atoms with van der Waals surface area (Å²) in [6.07, 6.45) is 0. The van der Waals surface area contributed by atoms with Crippen LogP contribution in [0.25, 0.3) is 0 Å². The quantitative estimate of drug-likeness (QED) is 0.627. The first-order valence-corrected chi connectivity index (χ1v) is 2.90. The minimum atomic E-state index is 0. The second kappa shape index (κ2) is 5.79. The molecule has 1 aromatic rings. The Kier molecular flexibility index (Phi) is 7.23. The summed E-state index contributed by atoms with van der Waals surface area (Å²) in [5, 5.41) is 7.73. The summed E-state index contributed by atoms with van der Waals surface area (Å²) in [6, 6.07) is 3.06. The SMILES string of the molecule is Cc1[c-]c(C)c(C)nn1.[CH3-].[Y]. The molecule has 1 aromatic heterocycles. The summed E-state index contributed by atoms with van der Waals surface area (Å²) in [6.45, 7) is 5.80. The molecule has 0 N–H and O–H groups in total. The van der Waals surface area contributed by atoms with Crippen molar-refractivity contribution in [3.8, 4) is 0 Å². The van der Waals surface area contributed by atoms with Crippen LogP contribution in [0, 0.1) is 34.3 Å². The molecule has 0 saturated carbocycles. The van der Waals surface area contributed by atoms with Crippen LogP contribution in [0.4, 0.5) is 0 Å². The van der Waals surface area contributed by atoms with Crippen LogP contribution in [0.2, 0.25) is 0 Å². The van der Waals surface area contributed by atoms with E-state index in [0.29, 0.717) is 0 Å². The molecule has 0 aliphatic rings. The Bertz CT molecular complexity index is 223. The summed E-state index contributed by atoms with van der Waals surface area (Å²) in [4.78, 5) is 0. The van der Waals surface area contributed by atoms with Crippen molar-refractivity contribution in [2.75, 3.05) is 0 Å². The van der Waals surface area contributed by atoms with Crippen LogP contribution in [-0.2, 0) is 32.7 Å². The summed E-state index contributed by atoms with van der Waals surface area (Å²) < 4.78 is 0. The van der Waals surface area contributed by atoms with Gasteiger partial charge in [0.25, 0.3) is 0 Å². The molecule has 0 amide bonds. The first-order chi connectivity index (χ1) is 4.20. The van der Waals surface area contributed by atoms with Gasteiger partial charge in [0.15, 0.2) is 0 Å². The van der Waals surface area contributed by atoms with Gasteiger partial charge in [-0.1, -0.05) is 19.5 Å². The Hall–Kier alpha value is 0.184. The maximum absolute atomic E-state index is 3.90. The molecule has 2 nitrogen and oxygen atoms in total. The predicted octanol–water partition coefficient (Wildman–Crippen LogP) is 1.65. The van der Waals surface area contributed by atoms with Gasteiger partial charge in [-0.15, -0.1) is 0 Å². The topological polar surface area (TPSA) is 25.8 Å². The fourth-order valence-electron chi connectivity index (χ4n) is 0.612. The molecular formula is C8H12N2Y-2. The number of aryl methyl sites for hydroxylation is 3. The first kappa shape index (κ1) is 13.8. The van der Waals surface area contributed by atoms with Crippen LogP contribution < -0.4 is 0 Å². The second-order valence-electron chi connectivity index (χ2n) is 2.12. The van der Waals surface area contributed by atoms with E-state index < -0.39 is 0 Å². The number of hydrogen-bond donors (Lipinski definition) is 0. The summed E-state index contributed by atoms with van der Waals surface area (Å²) in [5.41, 5.74) is 2.90. The Morgan fingerprint density at radius 3 is 2.00 bits per heavy atom. The molecule has 0 fully saturated rings. The molecule has 1 radical (unpaired) electrons. The van der Waals surface area contributed by atoms with E-state index in [0.717, 1.165) is 17.0 Å². The molecule has 0 bridgehead atoms. The molecule has 0 saturated heterocycles. The van der Waals surface area contributed by atoms with E-state index in [9.17, 15) is 0 Å². The number of nitrogens with zero attached hydrogens (tertiary/aromatic N) is 2. The van der Waals surface area contributed by atoms with Gasteiger partial charge < -0.3 is 7.43 Å². The van der Waals surface area contributed by atoms with E-state index in [4.69, 9.17) is 0 Å². The first-order valence-electron chi connectivity index (χ1n) is 2.90. The Morgan fingerprint density at radius 2 is 1.64 bits per heavy atom. The fourth-order valence-corrected chi connectivity index (χ4v) is 0.612. The van der Waals surface area contributed by atoms with Gasteiger partial charge in [-0.05, 0) is 12.6 Å². The van der Waals surface area contributed by atoms with Gasteiger partial charge in [0, 0.05) is 32.7 Å². The van der Waals surface area contributed by atoms with Crippen molar-refractivity contribution in [1.29, 1.82) is 0 Å². The number of hydrogen-bond acceptors (Lipinski definition) is 2. The van der Waals surface area contributed by atoms with Crippen molar-refractivity contribution in [3.63, 3.8) is 0 Å². The third-order valence-corrected chi connectivity index (χ3v) is 1.26. The van der Waals surface area contributed by atoms with Crippen molar-refractivity contribution in [2.45, 2.75) is 20.8 Å². The van der Waals surface area contributed by atoms with Gasteiger partial charge >= 0.3 is 0 Å². The third kappa shape index (κ3) is 3.92. The summed E-state index contributed by atoms with van der Waals surface area (Å²) in [7, 11) is 0. The Labute approximate surface area is 93.7 Å². The molecule has 0 atom stereocenters. The minimum Gasteiger partial charge on any atom is -0.358 e. The Balaban J connectivity index is 0. The largest absolute Gasteiger partial charge is 0.358 e. The van der Waals surface area contributed by atoms with Crippen molar-refractivity contribution in [2.24, 2.45) is 0 Å². The third-order valence-electron chi connectivity index (χ3n) is 1.26. The van der Waals surface area contributed by atoms with Crippen LogP contribution in [0.1, 0.15) is 17.0 Å². The summed E-state index contributed by atoms with van der Waals surface area (Å²) in [5.74, 6) is 0. The molecule has 0 unspecified atom stereocenters. The number of aromatic nitrogens is 2. The minimum absolute atomic E-state index is 0. The van der Waals surface area contributed by atoms with Gasteiger partial charge in [0.2, 0.25) is 0 Å². The van der Waals surface area contributed by atoms with E-state index in [-0.39, 0.29) is 40.1 Å². The van der Waals surface area contributed by atoms with E-state index in [1.807, 2.05) is 20.8 Å². The summed E-state index contributed by atoms with van der Waals surface area (Å²) >= 11 is 0. The average molecular weight is 225 g/mol. The Morgan fingerprint density at radius 1 is 1.09 bits per heavy atom. The fraction of sp³-hybridized carbons (Fsp3) is 0.375. The maximum atomic E-state index is 3.90. The maximum Gasteiger partial charge on any atom is 0 e. The van der Waals surface area contributed by atoms with Gasteiger partial charge in [0.05, 0.1) is 0 Å². The zero-order valence-electron chi connectivity index (χ0n) is 7.47. The molecule has 3 heteroatoms. The van der Waals surface area contributed by atoms with Crippen molar-refractivity contribution >= 4 is 0 Å². The van der Waals surface area contributed by atoms with Crippen molar-refractivity contribution < 1.29 is 32.7 Å². The zero-order chi connectivity index (χ0) is 6.85. The molecule has 1 heterocycles. The van der Waals surface area contributed by atoms with E-state index >= 15 is 0 Å². The monoisotopic (exact) mass is 225 g/mol. The van der Waals surface area contributed by atoms with Crippen LogP contribution >= 0.6 is 0 Å². The normalized spacial score (nSPS) is 7.91. The molecule has 11 heavy (non-hydrogen) atoms. The van der Waals surface area contributed by atoms with Gasteiger partial charge in [-0.2, -0.15) is 10.7 Å². The standard InChI is InChI=1S/C7H9N2.CH3.Y/c1-5-4-6(2)8-9-7(5)3;;/h1-3H3;1H3;/q2*-1;. The van der Waals surface area contributed by atoms with E-state index in [2.05, 4.69) is 16.3 Å². The van der Waals surface area contributed by atoms with Gasteiger partial charge in [-0.25, -0.2) is 6.07 Å². The predicted molar refractivity (Wildman–Crippen MR) is 41.5 cm³/mol. The molecule has 59 valence electrons. The van der Waals surface area contributed by atoms with E-state index in [1.165, 1.54) is 0 Å². The zero-order valence-corrected chi connectivity index (χ0v) is 10.3. The van der Waals surface area contributed by atoms with Crippen molar-refractivity contribution in [3.05, 3.63) is 30.4 Å². The van der Waals surface area contributed by atoms with Crippen LogP contribution in [0.3, 0.4) is 0 Å². The van der Waals surface area contributed by atoms with Crippen molar-refractivity contribution in [1.82, 2.24) is 10.2 Å². The molecule has 0 aliphatic carbocycles. The van der Waals surface area contributed by atoms with Gasteiger partial charge in [0.1, 0.15) is 0 Å². The molecule has 0 spiro atoms. The average Bonchev–Trinajstić information content (AvgIpc) is 1.80. The second-order valence-corrected chi connectivity index (χ2v) is 2.12. The van der Waals surface area contributed by atoms with E-state index in [1.54, 1.807) is 0 Å². The van der Waals surface area contributed by atoms with Crippen LogP contribution in [0.5, 0.6) is 0 Å².